The molecule has 0 aromatic heterocycles. The van der Waals surface area contributed by atoms with Crippen LogP contribution >= 0.6 is 0 Å². The van der Waals surface area contributed by atoms with Crippen LogP contribution in [0.15, 0.2) is 12.3 Å². The monoisotopic (exact) mass is 168 g/mol. The Morgan fingerprint density at radius 1 is 1.08 bits per heavy atom. The lowest BCUT2D eigenvalue weighted by molar-refractivity contribution is -0.0720. The van der Waals surface area contributed by atoms with Gasteiger partial charge in [-0.1, -0.05) is 0 Å². The second-order valence-corrected chi connectivity index (χ2v) is 3.53. The van der Waals surface area contributed by atoms with Crippen molar-refractivity contribution in [1.29, 1.82) is 0 Å². The van der Waals surface area contributed by atoms with Crippen molar-refractivity contribution in [3.8, 4) is 0 Å². The van der Waals surface area contributed by atoms with E-state index in [1.807, 2.05) is 6.26 Å². The summed E-state index contributed by atoms with van der Waals surface area (Å²) >= 11 is 0. The predicted octanol–water partition coefficient (Wildman–Crippen LogP) is 2.25. The number of hydrogen-bond acceptors (Lipinski definition) is 2. The fraction of sp³-hybridized carbons (Fsp3) is 0.800. The number of allylic oxidation sites excluding steroid dienone is 1. The number of ether oxygens (including phenoxy) is 2. The van der Waals surface area contributed by atoms with Gasteiger partial charge in [-0.25, -0.2) is 0 Å². The molecule has 0 saturated carbocycles. The van der Waals surface area contributed by atoms with Gasteiger partial charge in [-0.05, 0) is 38.2 Å². The summed E-state index contributed by atoms with van der Waals surface area (Å²) in [6.45, 7) is 0.925. The highest BCUT2D eigenvalue weighted by molar-refractivity contribution is 4.86. The van der Waals surface area contributed by atoms with E-state index in [4.69, 9.17) is 9.47 Å². The summed E-state index contributed by atoms with van der Waals surface area (Å²) < 4.78 is 11.2. The van der Waals surface area contributed by atoms with Crippen molar-refractivity contribution in [2.75, 3.05) is 6.61 Å². The van der Waals surface area contributed by atoms with Gasteiger partial charge in [0.1, 0.15) is 6.10 Å². The summed E-state index contributed by atoms with van der Waals surface area (Å²) in [6, 6.07) is 0. The van der Waals surface area contributed by atoms with E-state index in [2.05, 4.69) is 6.08 Å². The topological polar surface area (TPSA) is 18.5 Å². The van der Waals surface area contributed by atoms with Crippen LogP contribution in [0, 0.1) is 0 Å². The quantitative estimate of drug-likeness (QED) is 0.598. The molecule has 0 radical (unpaired) electrons. The molecule has 0 N–H and O–H groups in total. The zero-order chi connectivity index (χ0) is 8.23. The maximum atomic E-state index is 5.66. The van der Waals surface area contributed by atoms with Crippen molar-refractivity contribution in [2.24, 2.45) is 0 Å². The molecule has 2 heterocycles. The summed E-state index contributed by atoms with van der Waals surface area (Å²) in [6.07, 6.45) is 10.6. The molecule has 2 atom stereocenters. The van der Waals surface area contributed by atoms with E-state index in [1.54, 1.807) is 0 Å². The van der Waals surface area contributed by atoms with Crippen LogP contribution in [0.4, 0.5) is 0 Å². The van der Waals surface area contributed by atoms with Crippen LogP contribution in [0.25, 0.3) is 0 Å². The Labute approximate surface area is 73.5 Å². The predicted molar refractivity (Wildman–Crippen MR) is 46.8 cm³/mol. The van der Waals surface area contributed by atoms with Crippen LogP contribution in [-0.4, -0.2) is 18.8 Å². The molecule has 2 rings (SSSR count). The maximum absolute atomic E-state index is 5.66. The zero-order valence-corrected chi connectivity index (χ0v) is 7.37. The lowest BCUT2D eigenvalue weighted by atomic mass is 10.00. The fourth-order valence-corrected chi connectivity index (χ4v) is 1.89. The van der Waals surface area contributed by atoms with Crippen LogP contribution in [0.5, 0.6) is 0 Å². The van der Waals surface area contributed by atoms with Gasteiger partial charge in [0, 0.05) is 6.61 Å². The Bertz CT molecular complexity index is 159. The van der Waals surface area contributed by atoms with Crippen molar-refractivity contribution in [2.45, 2.75) is 44.3 Å². The van der Waals surface area contributed by atoms with Crippen LogP contribution in [-0.2, 0) is 9.47 Å². The third-order valence-corrected chi connectivity index (χ3v) is 2.60. The van der Waals surface area contributed by atoms with Crippen LogP contribution in [0.3, 0.4) is 0 Å². The van der Waals surface area contributed by atoms with Gasteiger partial charge in [-0.2, -0.15) is 0 Å². The second kappa shape index (κ2) is 3.94. The Morgan fingerprint density at radius 2 is 2.08 bits per heavy atom. The van der Waals surface area contributed by atoms with Gasteiger partial charge in [-0.15, -0.1) is 0 Å². The van der Waals surface area contributed by atoms with Gasteiger partial charge in [0.05, 0.1) is 12.4 Å². The van der Waals surface area contributed by atoms with Gasteiger partial charge in [0.2, 0.25) is 0 Å². The highest BCUT2D eigenvalue weighted by atomic mass is 16.5. The van der Waals surface area contributed by atoms with E-state index in [0.717, 1.165) is 19.4 Å². The fourth-order valence-electron chi connectivity index (χ4n) is 1.89. The molecule has 0 aromatic rings. The summed E-state index contributed by atoms with van der Waals surface area (Å²) in [5.41, 5.74) is 0. The molecule has 0 aliphatic carbocycles. The van der Waals surface area contributed by atoms with E-state index < -0.39 is 0 Å². The third-order valence-electron chi connectivity index (χ3n) is 2.60. The van der Waals surface area contributed by atoms with Crippen LogP contribution in [0.1, 0.15) is 32.1 Å². The third kappa shape index (κ3) is 1.81. The Kier molecular flexibility index (Phi) is 2.67. The van der Waals surface area contributed by atoms with Crippen molar-refractivity contribution >= 4 is 0 Å². The smallest absolute Gasteiger partial charge is 0.124 e. The molecule has 1 fully saturated rings. The molecule has 0 bridgehead atoms. The van der Waals surface area contributed by atoms with Crippen LogP contribution < -0.4 is 0 Å². The molecule has 2 nitrogen and oxygen atoms in total. The Morgan fingerprint density at radius 3 is 2.75 bits per heavy atom. The van der Waals surface area contributed by atoms with E-state index in [-0.39, 0.29) is 0 Å². The largest absolute Gasteiger partial charge is 0.496 e. The lowest BCUT2D eigenvalue weighted by Crippen LogP contribution is -2.34. The Balaban J connectivity index is 1.85. The average molecular weight is 168 g/mol. The lowest BCUT2D eigenvalue weighted by Gasteiger charge is -2.31. The summed E-state index contributed by atoms with van der Waals surface area (Å²) in [4.78, 5) is 0. The van der Waals surface area contributed by atoms with Crippen molar-refractivity contribution in [3.63, 3.8) is 0 Å². The minimum absolute atomic E-state index is 0.329. The summed E-state index contributed by atoms with van der Waals surface area (Å²) in [5.74, 6) is 0. The molecule has 2 unspecified atom stereocenters. The first-order valence-corrected chi connectivity index (χ1v) is 4.89. The number of hydrogen-bond donors (Lipinski definition) is 0. The molecule has 0 spiro atoms. The molecule has 68 valence electrons. The first-order valence-electron chi connectivity index (χ1n) is 4.89. The van der Waals surface area contributed by atoms with Crippen molar-refractivity contribution in [3.05, 3.63) is 12.3 Å². The summed E-state index contributed by atoms with van der Waals surface area (Å²) in [5, 5.41) is 0. The van der Waals surface area contributed by atoms with Crippen molar-refractivity contribution < 1.29 is 9.47 Å². The zero-order valence-electron chi connectivity index (χ0n) is 7.37. The average Bonchev–Trinajstić information content (AvgIpc) is 2.21. The molecule has 2 aliphatic heterocycles. The molecule has 0 amide bonds. The first kappa shape index (κ1) is 8.11. The van der Waals surface area contributed by atoms with Gasteiger partial charge < -0.3 is 9.47 Å². The van der Waals surface area contributed by atoms with Gasteiger partial charge in [-0.3, -0.25) is 0 Å². The molecule has 12 heavy (non-hydrogen) atoms. The van der Waals surface area contributed by atoms with Crippen molar-refractivity contribution in [1.82, 2.24) is 0 Å². The molecular formula is C10H16O2. The summed E-state index contributed by atoms with van der Waals surface area (Å²) in [7, 11) is 0. The van der Waals surface area contributed by atoms with E-state index >= 15 is 0 Å². The molecule has 0 aromatic carbocycles. The van der Waals surface area contributed by atoms with E-state index in [1.165, 1.54) is 19.3 Å². The normalized spacial score (nSPS) is 36.0. The minimum atomic E-state index is 0.329. The minimum Gasteiger partial charge on any atom is -0.496 e. The number of rotatable bonds is 1. The SMILES string of the molecule is C1=COC(C2CCCCO2)CC1. The highest BCUT2D eigenvalue weighted by Gasteiger charge is 2.25. The van der Waals surface area contributed by atoms with Gasteiger partial charge >= 0.3 is 0 Å². The molecule has 2 aliphatic rings. The Hall–Kier alpha value is -0.500. The van der Waals surface area contributed by atoms with Gasteiger partial charge in [0.15, 0.2) is 0 Å². The molecule has 2 heteroatoms. The first-order chi connectivity index (χ1) is 5.97. The molecular weight excluding hydrogens is 152 g/mol. The van der Waals surface area contributed by atoms with Gasteiger partial charge in [0.25, 0.3) is 0 Å². The van der Waals surface area contributed by atoms with E-state index in [0.29, 0.717) is 12.2 Å². The van der Waals surface area contributed by atoms with Crippen LogP contribution in [0.2, 0.25) is 0 Å². The van der Waals surface area contributed by atoms with E-state index in [9.17, 15) is 0 Å². The molecule has 1 saturated heterocycles. The standard InChI is InChI=1S/C10H16O2/c1-3-7-11-9(5-1)10-6-2-4-8-12-10/h3,7,9-10H,1-2,4-6,8H2. The maximum Gasteiger partial charge on any atom is 0.124 e. The highest BCUT2D eigenvalue weighted by Crippen LogP contribution is 2.23. The second-order valence-electron chi connectivity index (χ2n) is 3.53.